The van der Waals surface area contributed by atoms with Crippen LogP contribution in [0.3, 0.4) is 0 Å². The Morgan fingerprint density at radius 3 is 2.40 bits per heavy atom. The van der Waals surface area contributed by atoms with Crippen LogP contribution in [0.5, 0.6) is 5.75 Å². The van der Waals surface area contributed by atoms with Crippen LogP contribution in [-0.2, 0) is 9.53 Å². The summed E-state index contributed by atoms with van der Waals surface area (Å²) in [5, 5.41) is 12.6. The van der Waals surface area contributed by atoms with E-state index in [0.29, 0.717) is 12.2 Å². The van der Waals surface area contributed by atoms with Crippen molar-refractivity contribution in [3.05, 3.63) is 24.3 Å². The molecule has 1 aliphatic heterocycles. The molecule has 0 aromatic heterocycles. The van der Waals surface area contributed by atoms with Gasteiger partial charge in [0.25, 0.3) is 6.47 Å². The molecule has 1 aromatic carbocycles. The highest BCUT2D eigenvalue weighted by atomic mass is 16.5. The molecule has 0 aliphatic carbocycles. The molecule has 0 spiro atoms. The van der Waals surface area contributed by atoms with Crippen LogP contribution in [0, 0.1) is 0 Å². The Bertz CT molecular complexity index is 410. The van der Waals surface area contributed by atoms with Crippen LogP contribution in [-0.4, -0.2) is 43.4 Å². The van der Waals surface area contributed by atoms with Crippen LogP contribution in [0.15, 0.2) is 24.3 Å². The largest absolute Gasteiger partial charge is 0.508 e. The summed E-state index contributed by atoms with van der Waals surface area (Å²) in [6.07, 6.45) is 0. The molecule has 1 fully saturated rings. The minimum atomic E-state index is -0.318. The highest BCUT2D eigenvalue weighted by Gasteiger charge is 2.10. The number of nitrogens with zero attached hydrogens (tertiary/aromatic N) is 1. The third kappa shape index (κ3) is 6.43. The van der Waals surface area contributed by atoms with Gasteiger partial charge in [-0.25, -0.2) is 0 Å². The molecule has 1 heterocycles. The Hall–Kier alpha value is -1.75. The third-order valence-electron chi connectivity index (χ3n) is 2.71. The van der Waals surface area contributed by atoms with E-state index in [0.717, 1.165) is 31.9 Å². The molecule has 2 N–H and O–H groups in total. The smallest absolute Gasteiger partial charge is 0.293 e. The fourth-order valence-corrected chi connectivity index (χ4v) is 1.76. The number of carbonyl (C=O) groups is 1. The van der Waals surface area contributed by atoms with Crippen LogP contribution >= 0.6 is 0 Å². The fourth-order valence-electron chi connectivity index (χ4n) is 1.76. The Kier molecular flexibility index (Phi) is 6.31. The zero-order valence-electron chi connectivity index (χ0n) is 12.4. The first-order chi connectivity index (χ1) is 9.42. The van der Waals surface area contributed by atoms with Gasteiger partial charge in [0.2, 0.25) is 0 Å². The lowest BCUT2D eigenvalue weighted by atomic mass is 10.2. The average molecular weight is 280 g/mol. The van der Waals surface area contributed by atoms with Crippen molar-refractivity contribution < 1.29 is 14.6 Å². The normalized spacial score (nSPS) is 15.1. The molecule has 2 rings (SSSR count). The number of benzene rings is 1. The van der Waals surface area contributed by atoms with Crippen LogP contribution in [0.25, 0.3) is 0 Å². The highest BCUT2D eigenvalue weighted by molar-refractivity contribution is 5.50. The van der Waals surface area contributed by atoms with Gasteiger partial charge in [-0.15, -0.1) is 0 Å². The molecule has 0 saturated carbocycles. The molecule has 5 heteroatoms. The predicted octanol–water partition coefficient (Wildman–Crippen LogP) is 1.76. The van der Waals surface area contributed by atoms with Crippen molar-refractivity contribution in [2.45, 2.75) is 26.4 Å². The van der Waals surface area contributed by atoms with Crippen molar-refractivity contribution in [2.24, 2.45) is 0 Å². The molecule has 0 radical (unpaired) electrons. The van der Waals surface area contributed by atoms with Crippen LogP contribution in [0.4, 0.5) is 5.69 Å². The average Bonchev–Trinajstić information content (AvgIpc) is 2.39. The Morgan fingerprint density at radius 2 is 1.95 bits per heavy atom. The molecule has 112 valence electrons. The van der Waals surface area contributed by atoms with Gasteiger partial charge in [-0.3, -0.25) is 4.79 Å². The maximum atomic E-state index is 9.60. The zero-order valence-corrected chi connectivity index (χ0v) is 12.4. The van der Waals surface area contributed by atoms with E-state index in [9.17, 15) is 9.90 Å². The molecule has 5 nitrogen and oxygen atoms in total. The van der Waals surface area contributed by atoms with Crippen LogP contribution in [0.1, 0.15) is 20.8 Å². The van der Waals surface area contributed by atoms with Crippen molar-refractivity contribution in [2.75, 3.05) is 31.1 Å². The number of piperazine rings is 1. The summed E-state index contributed by atoms with van der Waals surface area (Å²) in [6.45, 7) is 10.0. The molecule has 0 unspecified atom stereocenters. The van der Waals surface area contributed by atoms with Gasteiger partial charge in [-0.2, -0.15) is 0 Å². The summed E-state index contributed by atoms with van der Waals surface area (Å²) in [6, 6.07) is 7.43. The minimum absolute atomic E-state index is 0.318. The number of carbonyl (C=O) groups excluding carboxylic acids is 1. The number of phenols is 1. The van der Waals surface area contributed by atoms with Crippen molar-refractivity contribution in [3.8, 4) is 5.75 Å². The molecule has 1 saturated heterocycles. The van der Waals surface area contributed by atoms with E-state index in [4.69, 9.17) is 0 Å². The highest BCUT2D eigenvalue weighted by Crippen LogP contribution is 2.19. The van der Waals surface area contributed by atoms with E-state index >= 15 is 0 Å². The molecule has 1 aliphatic rings. The van der Waals surface area contributed by atoms with Gasteiger partial charge in [0.05, 0.1) is 0 Å². The van der Waals surface area contributed by atoms with Gasteiger partial charge in [-0.1, -0.05) is 6.07 Å². The van der Waals surface area contributed by atoms with Crippen molar-refractivity contribution in [1.82, 2.24) is 5.32 Å². The molecule has 1 aromatic rings. The Morgan fingerprint density at radius 1 is 1.30 bits per heavy atom. The number of nitrogens with one attached hydrogen (secondary N) is 1. The number of phenolic OH excluding ortho intramolecular Hbond substituents is 1. The lowest BCUT2D eigenvalue weighted by molar-refractivity contribution is -0.138. The first kappa shape index (κ1) is 16.3. The second kappa shape index (κ2) is 7.75. The minimum Gasteiger partial charge on any atom is -0.508 e. The van der Waals surface area contributed by atoms with Crippen LogP contribution in [0.2, 0.25) is 0 Å². The van der Waals surface area contributed by atoms with Crippen molar-refractivity contribution in [1.29, 1.82) is 0 Å². The second-order valence-corrected chi connectivity index (χ2v) is 5.58. The second-order valence-electron chi connectivity index (χ2n) is 5.58. The van der Waals surface area contributed by atoms with Gasteiger partial charge in [-0.05, 0) is 32.9 Å². The Balaban J connectivity index is 0.000000246. The zero-order chi connectivity index (χ0) is 15.0. The number of ether oxygens (including phenoxy) is 1. The fraction of sp³-hybridized carbons (Fsp3) is 0.533. The molecule has 0 bridgehead atoms. The van der Waals surface area contributed by atoms with E-state index in [1.807, 2.05) is 39.0 Å². The summed E-state index contributed by atoms with van der Waals surface area (Å²) in [5.74, 6) is 0.344. The molecular weight excluding hydrogens is 256 g/mol. The first-order valence-corrected chi connectivity index (χ1v) is 6.78. The molecule has 0 atom stereocenters. The number of rotatable bonds is 2. The SMILES string of the molecule is CC(C)(C)OC=O.Oc1cccc(N2CCNCC2)c1. The Labute approximate surface area is 120 Å². The van der Waals surface area contributed by atoms with Gasteiger partial charge < -0.3 is 20.1 Å². The quantitative estimate of drug-likeness (QED) is 0.808. The van der Waals surface area contributed by atoms with Gasteiger partial charge in [0.1, 0.15) is 11.4 Å². The number of anilines is 1. The van der Waals surface area contributed by atoms with Crippen LogP contribution < -0.4 is 10.2 Å². The maximum absolute atomic E-state index is 9.60. The van der Waals surface area contributed by atoms with Gasteiger partial charge in [0.15, 0.2) is 0 Å². The summed E-state index contributed by atoms with van der Waals surface area (Å²) in [5.41, 5.74) is 0.795. The monoisotopic (exact) mass is 280 g/mol. The van der Waals surface area contributed by atoms with E-state index < -0.39 is 0 Å². The summed E-state index contributed by atoms with van der Waals surface area (Å²) < 4.78 is 4.55. The maximum Gasteiger partial charge on any atom is 0.293 e. The third-order valence-corrected chi connectivity index (χ3v) is 2.71. The molecule has 20 heavy (non-hydrogen) atoms. The van der Waals surface area contributed by atoms with E-state index in [2.05, 4.69) is 15.0 Å². The van der Waals surface area contributed by atoms with E-state index in [1.54, 1.807) is 6.07 Å². The molecular formula is C15H24N2O3. The van der Waals surface area contributed by atoms with Gasteiger partial charge >= 0.3 is 0 Å². The molecule has 0 amide bonds. The van der Waals surface area contributed by atoms with Crippen molar-refractivity contribution in [3.63, 3.8) is 0 Å². The van der Waals surface area contributed by atoms with Gasteiger partial charge in [0, 0.05) is 37.9 Å². The first-order valence-electron chi connectivity index (χ1n) is 6.78. The summed E-state index contributed by atoms with van der Waals surface area (Å²) >= 11 is 0. The standard InChI is InChI=1S/C10H14N2O.C5H10O2/c13-10-3-1-2-9(8-10)12-6-4-11-5-7-12;1-5(2,3)7-4-6/h1-3,8,11,13H,4-7H2;4H,1-3H3. The van der Waals surface area contributed by atoms with E-state index in [1.165, 1.54) is 0 Å². The lowest BCUT2D eigenvalue weighted by Crippen LogP contribution is -2.43. The topological polar surface area (TPSA) is 61.8 Å². The number of aromatic hydroxyl groups is 1. The number of hydrogen-bond donors (Lipinski definition) is 2. The number of hydrogen-bond acceptors (Lipinski definition) is 5. The predicted molar refractivity (Wildman–Crippen MR) is 80.1 cm³/mol. The van der Waals surface area contributed by atoms with E-state index in [-0.39, 0.29) is 5.60 Å². The summed E-state index contributed by atoms with van der Waals surface area (Å²) in [4.78, 5) is 11.9. The van der Waals surface area contributed by atoms with Crippen molar-refractivity contribution >= 4 is 12.2 Å². The summed E-state index contributed by atoms with van der Waals surface area (Å²) in [7, 11) is 0. The lowest BCUT2D eigenvalue weighted by Gasteiger charge is -2.29.